The summed E-state index contributed by atoms with van der Waals surface area (Å²) in [6.45, 7) is 9.83. The summed E-state index contributed by atoms with van der Waals surface area (Å²) in [6, 6.07) is 2.18. The van der Waals surface area contributed by atoms with Crippen LogP contribution in [-0.4, -0.2) is 31.9 Å². The first kappa shape index (κ1) is 16.6. The lowest BCUT2D eigenvalue weighted by atomic mass is 10.4. The third-order valence-corrected chi connectivity index (χ3v) is 5.82. The molecule has 6 heteroatoms. The molecule has 1 heterocycles. The van der Waals surface area contributed by atoms with Crippen molar-refractivity contribution in [3.8, 4) is 0 Å². The minimum absolute atomic E-state index is 0.398. The van der Waals surface area contributed by atoms with Gasteiger partial charge < -0.3 is 5.32 Å². The molecule has 19 heavy (non-hydrogen) atoms. The highest BCUT2D eigenvalue weighted by Gasteiger charge is 2.23. The first-order valence-corrected chi connectivity index (χ1v) is 9.04. The zero-order chi connectivity index (χ0) is 14.5. The van der Waals surface area contributed by atoms with Gasteiger partial charge in [-0.2, -0.15) is 4.31 Å². The van der Waals surface area contributed by atoms with Crippen LogP contribution in [0.15, 0.2) is 16.3 Å². The fourth-order valence-corrected chi connectivity index (χ4v) is 4.49. The van der Waals surface area contributed by atoms with Gasteiger partial charge in [0.2, 0.25) is 10.0 Å². The Morgan fingerprint density at radius 2 is 2.05 bits per heavy atom. The van der Waals surface area contributed by atoms with E-state index in [4.69, 9.17) is 0 Å². The molecule has 1 N–H and O–H groups in total. The third-order valence-electron chi connectivity index (χ3n) is 2.78. The molecule has 0 saturated carbocycles. The standard InChI is InChI=1S/C13H24N2O2S2/c1-5-7-15(6-2)19(16,17)13-8-12(18-10-13)9-14-11(3)4/h8,10-11,14H,5-7,9H2,1-4H3. The lowest BCUT2D eigenvalue weighted by molar-refractivity contribution is 0.427. The van der Waals surface area contributed by atoms with Gasteiger partial charge in [0.25, 0.3) is 0 Å². The molecule has 0 aliphatic carbocycles. The highest BCUT2D eigenvalue weighted by Crippen LogP contribution is 2.22. The second kappa shape index (κ2) is 7.38. The van der Waals surface area contributed by atoms with Crippen LogP contribution >= 0.6 is 11.3 Å². The monoisotopic (exact) mass is 304 g/mol. The molecule has 0 aromatic carbocycles. The highest BCUT2D eigenvalue weighted by atomic mass is 32.2. The van der Waals surface area contributed by atoms with Crippen LogP contribution in [0.1, 0.15) is 39.0 Å². The molecule has 0 spiro atoms. The first-order valence-electron chi connectivity index (χ1n) is 6.72. The predicted molar refractivity (Wildman–Crippen MR) is 81.0 cm³/mol. The molecule has 0 radical (unpaired) electrons. The van der Waals surface area contributed by atoms with E-state index in [0.29, 0.717) is 24.0 Å². The van der Waals surface area contributed by atoms with Crippen LogP contribution in [-0.2, 0) is 16.6 Å². The summed E-state index contributed by atoms with van der Waals surface area (Å²) in [7, 11) is -3.32. The molecule has 0 atom stereocenters. The summed E-state index contributed by atoms with van der Waals surface area (Å²) < 4.78 is 26.4. The molecule has 4 nitrogen and oxygen atoms in total. The van der Waals surface area contributed by atoms with E-state index in [9.17, 15) is 8.42 Å². The van der Waals surface area contributed by atoms with Crippen LogP contribution in [0.3, 0.4) is 0 Å². The van der Waals surface area contributed by atoms with Gasteiger partial charge in [0.05, 0.1) is 4.90 Å². The Bertz CT molecular complexity index is 481. The van der Waals surface area contributed by atoms with Crippen LogP contribution in [0.4, 0.5) is 0 Å². The Morgan fingerprint density at radius 3 is 2.58 bits per heavy atom. The fraction of sp³-hybridized carbons (Fsp3) is 0.692. The van der Waals surface area contributed by atoms with Crippen molar-refractivity contribution < 1.29 is 8.42 Å². The smallest absolute Gasteiger partial charge is 0.243 e. The summed E-state index contributed by atoms with van der Waals surface area (Å²) in [4.78, 5) is 1.48. The summed E-state index contributed by atoms with van der Waals surface area (Å²) in [6.07, 6.45) is 0.832. The van der Waals surface area contributed by atoms with Crippen molar-refractivity contribution in [2.45, 2.75) is 51.6 Å². The van der Waals surface area contributed by atoms with Gasteiger partial charge in [0.1, 0.15) is 0 Å². The Balaban J connectivity index is 2.84. The molecule has 1 aromatic rings. The Hall–Kier alpha value is -0.430. The molecule has 0 aliphatic rings. The van der Waals surface area contributed by atoms with Gasteiger partial charge in [-0.05, 0) is 12.5 Å². The van der Waals surface area contributed by atoms with Crippen LogP contribution in [0.2, 0.25) is 0 Å². The van der Waals surface area contributed by atoms with Gasteiger partial charge in [-0.3, -0.25) is 0 Å². The minimum Gasteiger partial charge on any atom is -0.310 e. The second-order valence-corrected chi connectivity index (χ2v) is 7.71. The summed E-state index contributed by atoms with van der Waals surface area (Å²) in [5, 5.41) is 5.04. The molecule has 110 valence electrons. The van der Waals surface area contributed by atoms with Crippen molar-refractivity contribution in [1.82, 2.24) is 9.62 Å². The van der Waals surface area contributed by atoms with Crippen LogP contribution in [0.25, 0.3) is 0 Å². The van der Waals surface area contributed by atoms with Gasteiger partial charge in [-0.25, -0.2) is 8.42 Å². The van der Waals surface area contributed by atoms with E-state index in [1.807, 2.05) is 13.8 Å². The quantitative estimate of drug-likeness (QED) is 0.803. The van der Waals surface area contributed by atoms with Crippen molar-refractivity contribution in [2.75, 3.05) is 13.1 Å². The maximum atomic E-state index is 12.4. The van der Waals surface area contributed by atoms with Crippen LogP contribution in [0.5, 0.6) is 0 Å². The van der Waals surface area contributed by atoms with Crippen molar-refractivity contribution in [1.29, 1.82) is 0 Å². The minimum atomic E-state index is -3.32. The summed E-state index contributed by atoms with van der Waals surface area (Å²) in [5.41, 5.74) is 0. The van der Waals surface area contributed by atoms with E-state index >= 15 is 0 Å². The molecule has 0 unspecified atom stereocenters. The van der Waals surface area contributed by atoms with E-state index in [1.54, 1.807) is 11.4 Å². The highest BCUT2D eigenvalue weighted by molar-refractivity contribution is 7.89. The number of rotatable bonds is 8. The Labute approximate surface area is 120 Å². The van der Waals surface area contributed by atoms with E-state index < -0.39 is 10.0 Å². The zero-order valence-corrected chi connectivity index (χ0v) is 13.8. The van der Waals surface area contributed by atoms with Gasteiger partial charge in [-0.15, -0.1) is 11.3 Å². The normalized spacial score (nSPS) is 12.5. The molecule has 0 bridgehead atoms. The van der Waals surface area contributed by atoms with E-state index in [2.05, 4.69) is 19.2 Å². The predicted octanol–water partition coefficient (Wildman–Crippen LogP) is 2.67. The number of nitrogens with zero attached hydrogens (tertiary/aromatic N) is 1. The van der Waals surface area contributed by atoms with Crippen LogP contribution in [0, 0.1) is 0 Å². The van der Waals surface area contributed by atoms with Crippen molar-refractivity contribution in [3.05, 3.63) is 16.3 Å². The molecular formula is C13H24N2O2S2. The maximum absolute atomic E-state index is 12.4. The van der Waals surface area contributed by atoms with Gasteiger partial charge in [0, 0.05) is 35.9 Å². The van der Waals surface area contributed by atoms with Gasteiger partial charge in [-0.1, -0.05) is 27.7 Å². The maximum Gasteiger partial charge on any atom is 0.243 e. The van der Waals surface area contributed by atoms with E-state index in [1.165, 1.54) is 15.6 Å². The number of thiophene rings is 1. The molecule has 0 fully saturated rings. The SMILES string of the molecule is CCCN(CC)S(=O)(=O)c1csc(CNC(C)C)c1. The van der Waals surface area contributed by atoms with E-state index in [-0.39, 0.29) is 0 Å². The second-order valence-electron chi connectivity index (χ2n) is 4.78. The van der Waals surface area contributed by atoms with Crippen molar-refractivity contribution >= 4 is 21.4 Å². The third kappa shape index (κ3) is 4.56. The average Bonchev–Trinajstić information content (AvgIpc) is 2.82. The zero-order valence-electron chi connectivity index (χ0n) is 12.1. The lowest BCUT2D eigenvalue weighted by Gasteiger charge is -2.18. The number of hydrogen-bond donors (Lipinski definition) is 1. The van der Waals surface area contributed by atoms with E-state index in [0.717, 1.165) is 17.8 Å². The summed E-state index contributed by atoms with van der Waals surface area (Å²) in [5.74, 6) is 0. The van der Waals surface area contributed by atoms with Gasteiger partial charge >= 0.3 is 0 Å². The van der Waals surface area contributed by atoms with Crippen LogP contribution < -0.4 is 5.32 Å². The molecule has 1 rings (SSSR count). The number of sulfonamides is 1. The summed E-state index contributed by atoms with van der Waals surface area (Å²) >= 11 is 1.50. The average molecular weight is 304 g/mol. The van der Waals surface area contributed by atoms with Crippen molar-refractivity contribution in [2.24, 2.45) is 0 Å². The van der Waals surface area contributed by atoms with Gasteiger partial charge in [0.15, 0.2) is 0 Å². The molecule has 0 saturated heterocycles. The first-order chi connectivity index (χ1) is 8.91. The largest absolute Gasteiger partial charge is 0.310 e. The number of hydrogen-bond acceptors (Lipinski definition) is 4. The van der Waals surface area contributed by atoms with Crippen molar-refractivity contribution in [3.63, 3.8) is 0 Å². The molecule has 0 aliphatic heterocycles. The lowest BCUT2D eigenvalue weighted by Crippen LogP contribution is -2.31. The molecular weight excluding hydrogens is 280 g/mol. The topological polar surface area (TPSA) is 49.4 Å². The Morgan fingerprint density at radius 1 is 1.37 bits per heavy atom. The molecule has 1 aromatic heterocycles. The molecule has 0 amide bonds. The Kier molecular flexibility index (Phi) is 6.46. The fourth-order valence-electron chi connectivity index (χ4n) is 1.74. The number of nitrogens with one attached hydrogen (secondary N) is 1.